The predicted octanol–water partition coefficient (Wildman–Crippen LogP) is 2.94. The normalized spacial score (nSPS) is 14.2. The summed E-state index contributed by atoms with van der Waals surface area (Å²) in [5.41, 5.74) is 2.90. The Morgan fingerprint density at radius 2 is 2.00 bits per heavy atom. The molecule has 1 aliphatic carbocycles. The average Bonchev–Trinajstić information content (AvgIpc) is 3.23. The summed E-state index contributed by atoms with van der Waals surface area (Å²) in [5.74, 6) is -0.113. The number of nitrogens with one attached hydrogen (secondary N) is 1. The van der Waals surface area contributed by atoms with Gasteiger partial charge in [0.05, 0.1) is 11.9 Å². The molecule has 4 rings (SSSR count). The number of fused-ring (bicyclic) bond motifs is 1. The Hall–Kier alpha value is -2.40. The summed E-state index contributed by atoms with van der Waals surface area (Å²) in [4.78, 5) is 16.5. The highest BCUT2D eigenvalue weighted by atomic mass is 35.5. The molecule has 1 aromatic carbocycles. The summed E-state index contributed by atoms with van der Waals surface area (Å²) in [5, 5.41) is 7.97. The van der Waals surface area contributed by atoms with Crippen molar-refractivity contribution in [2.75, 3.05) is 0 Å². The minimum Gasteiger partial charge on any atom is -0.349 e. The smallest absolute Gasteiger partial charge is 0.256 e. The zero-order valence-corrected chi connectivity index (χ0v) is 12.4. The summed E-state index contributed by atoms with van der Waals surface area (Å²) < 4.78 is 1.69. The van der Waals surface area contributed by atoms with Crippen LogP contribution in [0.2, 0.25) is 5.02 Å². The molecule has 1 amide bonds. The molecule has 1 N–H and O–H groups in total. The van der Waals surface area contributed by atoms with Crippen LogP contribution in [0.25, 0.3) is 16.9 Å². The van der Waals surface area contributed by atoms with Crippen LogP contribution in [0.15, 0.2) is 42.7 Å². The Balaban J connectivity index is 1.79. The van der Waals surface area contributed by atoms with Crippen molar-refractivity contribution in [2.45, 2.75) is 18.9 Å². The Labute approximate surface area is 131 Å². The van der Waals surface area contributed by atoms with Gasteiger partial charge in [0.25, 0.3) is 5.91 Å². The van der Waals surface area contributed by atoms with Gasteiger partial charge in [0.1, 0.15) is 5.56 Å². The lowest BCUT2D eigenvalue weighted by Crippen LogP contribution is -2.25. The van der Waals surface area contributed by atoms with Crippen LogP contribution in [-0.2, 0) is 0 Å². The van der Waals surface area contributed by atoms with Gasteiger partial charge in [-0.2, -0.15) is 5.10 Å². The van der Waals surface area contributed by atoms with Crippen LogP contribution in [-0.4, -0.2) is 26.5 Å². The number of carbonyl (C=O) groups excluding carboxylic acids is 1. The SMILES string of the molecule is O=C(NC1CC1)c1cnn2c(-c3ccc(Cl)cc3)ccnc12. The summed E-state index contributed by atoms with van der Waals surface area (Å²) in [6, 6.07) is 9.67. The van der Waals surface area contributed by atoms with Gasteiger partial charge in [0.15, 0.2) is 5.65 Å². The summed E-state index contributed by atoms with van der Waals surface area (Å²) in [6.07, 6.45) is 5.36. The first kappa shape index (κ1) is 13.3. The number of carbonyl (C=O) groups is 1. The number of amides is 1. The lowest BCUT2D eigenvalue weighted by atomic mass is 10.1. The average molecular weight is 313 g/mol. The fraction of sp³-hybridized carbons (Fsp3) is 0.188. The number of benzene rings is 1. The molecule has 0 unspecified atom stereocenters. The van der Waals surface area contributed by atoms with Gasteiger partial charge in [-0.25, -0.2) is 9.50 Å². The van der Waals surface area contributed by atoms with Gasteiger partial charge in [-0.1, -0.05) is 23.7 Å². The van der Waals surface area contributed by atoms with Gasteiger partial charge in [0.2, 0.25) is 0 Å². The van der Waals surface area contributed by atoms with E-state index in [1.807, 2.05) is 30.3 Å². The molecule has 1 saturated carbocycles. The van der Waals surface area contributed by atoms with Crippen LogP contribution in [0.5, 0.6) is 0 Å². The van der Waals surface area contributed by atoms with E-state index in [0.29, 0.717) is 22.3 Å². The molecule has 2 heterocycles. The van der Waals surface area contributed by atoms with Crippen LogP contribution in [0.3, 0.4) is 0 Å². The van der Waals surface area contributed by atoms with E-state index in [2.05, 4.69) is 15.4 Å². The summed E-state index contributed by atoms with van der Waals surface area (Å²) in [7, 11) is 0. The largest absolute Gasteiger partial charge is 0.349 e. The molecule has 6 heteroatoms. The number of hydrogen-bond acceptors (Lipinski definition) is 3. The van der Waals surface area contributed by atoms with Crippen molar-refractivity contribution in [1.82, 2.24) is 19.9 Å². The molecule has 3 aromatic rings. The Bertz CT molecular complexity index is 852. The zero-order chi connectivity index (χ0) is 15.1. The maximum Gasteiger partial charge on any atom is 0.256 e. The van der Waals surface area contributed by atoms with Crippen molar-refractivity contribution in [3.63, 3.8) is 0 Å². The number of nitrogens with zero attached hydrogens (tertiary/aromatic N) is 3. The van der Waals surface area contributed by atoms with Crippen molar-refractivity contribution >= 4 is 23.2 Å². The molecule has 22 heavy (non-hydrogen) atoms. The van der Waals surface area contributed by atoms with Crippen LogP contribution in [0.4, 0.5) is 0 Å². The quantitative estimate of drug-likeness (QED) is 0.809. The second kappa shape index (κ2) is 5.10. The second-order valence-corrected chi connectivity index (χ2v) is 5.81. The molecule has 5 nitrogen and oxygen atoms in total. The zero-order valence-electron chi connectivity index (χ0n) is 11.7. The van der Waals surface area contributed by atoms with Gasteiger partial charge < -0.3 is 5.32 Å². The Morgan fingerprint density at radius 1 is 1.23 bits per heavy atom. The van der Waals surface area contributed by atoms with Gasteiger partial charge in [-0.3, -0.25) is 4.79 Å². The fourth-order valence-electron chi connectivity index (χ4n) is 2.38. The van der Waals surface area contributed by atoms with E-state index in [4.69, 9.17) is 11.6 Å². The standard InChI is InChI=1S/C16H13ClN4O/c17-11-3-1-10(2-4-11)14-7-8-18-15-13(9-19-21(14)15)16(22)20-12-5-6-12/h1-4,7-9,12H,5-6H2,(H,20,22). The summed E-state index contributed by atoms with van der Waals surface area (Å²) in [6.45, 7) is 0. The Morgan fingerprint density at radius 3 is 2.73 bits per heavy atom. The molecule has 0 atom stereocenters. The van der Waals surface area contributed by atoms with Crippen LogP contribution < -0.4 is 5.32 Å². The van der Waals surface area contributed by atoms with E-state index in [9.17, 15) is 4.79 Å². The molecule has 0 saturated heterocycles. The topological polar surface area (TPSA) is 59.3 Å². The van der Waals surface area contributed by atoms with Crippen molar-refractivity contribution in [3.8, 4) is 11.3 Å². The predicted molar refractivity (Wildman–Crippen MR) is 83.9 cm³/mol. The van der Waals surface area contributed by atoms with Gasteiger partial charge in [-0.15, -0.1) is 0 Å². The maximum absolute atomic E-state index is 12.2. The van der Waals surface area contributed by atoms with E-state index in [1.54, 1.807) is 16.9 Å². The molecular weight excluding hydrogens is 300 g/mol. The van der Waals surface area contributed by atoms with Crippen LogP contribution in [0, 0.1) is 0 Å². The van der Waals surface area contributed by atoms with Crippen molar-refractivity contribution in [1.29, 1.82) is 0 Å². The van der Waals surface area contributed by atoms with E-state index in [1.165, 1.54) is 0 Å². The number of aromatic nitrogens is 3. The number of rotatable bonds is 3. The van der Waals surface area contributed by atoms with Gasteiger partial charge in [-0.05, 0) is 31.0 Å². The monoisotopic (exact) mass is 312 g/mol. The van der Waals surface area contributed by atoms with Gasteiger partial charge in [0, 0.05) is 22.8 Å². The molecule has 1 aliphatic rings. The number of halogens is 1. The molecule has 0 aliphatic heterocycles. The molecule has 1 fully saturated rings. The first-order valence-corrected chi connectivity index (χ1v) is 7.50. The van der Waals surface area contributed by atoms with Crippen molar-refractivity contribution in [2.24, 2.45) is 0 Å². The third-order valence-electron chi connectivity index (χ3n) is 3.70. The molecule has 0 spiro atoms. The molecule has 110 valence electrons. The molecule has 0 bridgehead atoms. The highest BCUT2D eigenvalue weighted by Gasteiger charge is 2.25. The minimum absolute atomic E-state index is 0.113. The van der Waals surface area contributed by atoms with Crippen molar-refractivity contribution < 1.29 is 4.79 Å². The Kier molecular flexibility index (Phi) is 3.08. The highest BCUT2D eigenvalue weighted by Crippen LogP contribution is 2.24. The lowest BCUT2D eigenvalue weighted by molar-refractivity contribution is 0.0952. The summed E-state index contributed by atoms with van der Waals surface area (Å²) >= 11 is 5.93. The van der Waals surface area contributed by atoms with Gasteiger partial charge >= 0.3 is 0 Å². The molecule has 2 aromatic heterocycles. The fourth-order valence-corrected chi connectivity index (χ4v) is 2.51. The highest BCUT2D eigenvalue weighted by molar-refractivity contribution is 6.30. The lowest BCUT2D eigenvalue weighted by Gasteiger charge is -2.05. The van der Waals surface area contributed by atoms with Crippen molar-refractivity contribution in [3.05, 3.63) is 53.3 Å². The van der Waals surface area contributed by atoms with E-state index in [-0.39, 0.29) is 5.91 Å². The van der Waals surface area contributed by atoms with Crippen LogP contribution in [0.1, 0.15) is 23.2 Å². The van der Waals surface area contributed by atoms with Crippen LogP contribution >= 0.6 is 11.6 Å². The number of hydrogen-bond donors (Lipinski definition) is 1. The minimum atomic E-state index is -0.113. The maximum atomic E-state index is 12.2. The van der Waals surface area contributed by atoms with E-state index in [0.717, 1.165) is 24.1 Å². The molecular formula is C16H13ClN4O. The van der Waals surface area contributed by atoms with E-state index < -0.39 is 0 Å². The van der Waals surface area contributed by atoms with E-state index >= 15 is 0 Å². The second-order valence-electron chi connectivity index (χ2n) is 5.38. The first-order valence-electron chi connectivity index (χ1n) is 7.12. The third kappa shape index (κ3) is 2.33. The molecule has 0 radical (unpaired) electrons. The first-order chi connectivity index (χ1) is 10.7. The third-order valence-corrected chi connectivity index (χ3v) is 3.95.